The largest absolute Gasteiger partial charge is 0.389 e. The Morgan fingerprint density at radius 2 is 2.00 bits per heavy atom. The molecule has 1 atom stereocenters. The maximum Gasteiger partial charge on any atom is 0.159 e. The monoisotopic (exact) mass is 292 g/mol. The van der Waals surface area contributed by atoms with Crippen LogP contribution in [-0.4, -0.2) is 21.2 Å². The number of nitrogens with one attached hydrogen (secondary N) is 1. The van der Waals surface area contributed by atoms with E-state index in [-0.39, 0.29) is 5.41 Å². The lowest BCUT2D eigenvalue weighted by Crippen LogP contribution is -2.39. The zero-order valence-corrected chi connectivity index (χ0v) is 13.6. The van der Waals surface area contributed by atoms with Crippen molar-refractivity contribution in [2.24, 2.45) is 11.1 Å². The molecule has 5 heteroatoms. The summed E-state index contributed by atoms with van der Waals surface area (Å²) in [5.41, 5.74) is 8.87. The minimum absolute atomic E-state index is 0.256. The van der Waals surface area contributed by atoms with E-state index < -0.39 is 0 Å². The van der Waals surface area contributed by atoms with Crippen LogP contribution in [0.5, 0.6) is 0 Å². The zero-order chi connectivity index (χ0) is 14.9. The number of aryl methyl sites for hydroxylation is 1. The van der Waals surface area contributed by atoms with Gasteiger partial charge in [-0.25, -0.2) is 0 Å². The van der Waals surface area contributed by atoms with Crippen molar-refractivity contribution in [2.45, 2.75) is 59.4 Å². The SMILES string of the molecule is Cc1nnc(NC2CCCCC2(C)C)c(C(N)=S)c1C. The van der Waals surface area contributed by atoms with Crippen molar-refractivity contribution in [2.75, 3.05) is 5.32 Å². The van der Waals surface area contributed by atoms with E-state index in [1.807, 2.05) is 13.8 Å². The molecule has 2 rings (SSSR count). The summed E-state index contributed by atoms with van der Waals surface area (Å²) in [4.78, 5) is 0.386. The topological polar surface area (TPSA) is 63.8 Å². The maximum absolute atomic E-state index is 5.88. The van der Waals surface area contributed by atoms with Crippen LogP contribution in [0.25, 0.3) is 0 Å². The first-order chi connectivity index (χ1) is 9.33. The van der Waals surface area contributed by atoms with Gasteiger partial charge in [0.2, 0.25) is 0 Å². The second kappa shape index (κ2) is 5.64. The van der Waals surface area contributed by atoms with Crippen LogP contribution in [-0.2, 0) is 0 Å². The van der Waals surface area contributed by atoms with Gasteiger partial charge in [0.05, 0.1) is 11.3 Å². The van der Waals surface area contributed by atoms with Crippen LogP contribution in [0.2, 0.25) is 0 Å². The highest BCUT2D eigenvalue weighted by atomic mass is 32.1. The average molecular weight is 292 g/mol. The minimum atomic E-state index is 0.256. The predicted octanol–water partition coefficient (Wildman–Crippen LogP) is 3.11. The predicted molar refractivity (Wildman–Crippen MR) is 87.1 cm³/mol. The van der Waals surface area contributed by atoms with Crippen LogP contribution in [0.1, 0.15) is 56.4 Å². The lowest BCUT2D eigenvalue weighted by atomic mass is 9.73. The van der Waals surface area contributed by atoms with E-state index in [1.54, 1.807) is 0 Å². The number of hydrogen-bond acceptors (Lipinski definition) is 4. The number of nitrogens with two attached hydrogens (primary N) is 1. The minimum Gasteiger partial charge on any atom is -0.389 e. The summed E-state index contributed by atoms with van der Waals surface area (Å²) in [7, 11) is 0. The molecule has 4 nitrogen and oxygen atoms in total. The fraction of sp³-hybridized carbons (Fsp3) is 0.667. The third-order valence-corrected chi connectivity index (χ3v) is 4.72. The van der Waals surface area contributed by atoms with Gasteiger partial charge in [-0.3, -0.25) is 0 Å². The van der Waals surface area contributed by atoms with Crippen molar-refractivity contribution < 1.29 is 0 Å². The van der Waals surface area contributed by atoms with Crippen LogP contribution in [0.15, 0.2) is 0 Å². The van der Waals surface area contributed by atoms with Crippen molar-refractivity contribution >= 4 is 23.0 Å². The summed E-state index contributed by atoms with van der Waals surface area (Å²) in [6.45, 7) is 8.53. The maximum atomic E-state index is 5.88. The Morgan fingerprint density at radius 3 is 2.60 bits per heavy atom. The quantitative estimate of drug-likeness (QED) is 0.838. The van der Waals surface area contributed by atoms with Gasteiger partial charge in [-0.1, -0.05) is 38.9 Å². The summed E-state index contributed by atoms with van der Waals surface area (Å²) in [6.07, 6.45) is 4.93. The molecular formula is C15H24N4S. The molecule has 0 aromatic carbocycles. The molecule has 1 aliphatic rings. The molecule has 20 heavy (non-hydrogen) atoms. The van der Waals surface area contributed by atoms with Gasteiger partial charge in [-0.05, 0) is 37.7 Å². The Balaban J connectivity index is 2.34. The highest BCUT2D eigenvalue weighted by Gasteiger charge is 2.33. The van der Waals surface area contributed by atoms with Gasteiger partial charge in [-0.2, -0.15) is 5.10 Å². The molecule has 1 fully saturated rings. The van der Waals surface area contributed by atoms with E-state index in [9.17, 15) is 0 Å². The van der Waals surface area contributed by atoms with Gasteiger partial charge < -0.3 is 11.1 Å². The van der Waals surface area contributed by atoms with Gasteiger partial charge in [-0.15, -0.1) is 5.10 Å². The molecule has 1 aliphatic carbocycles. The van der Waals surface area contributed by atoms with E-state index in [2.05, 4.69) is 29.4 Å². The molecule has 1 aromatic rings. The van der Waals surface area contributed by atoms with Crippen molar-refractivity contribution in [3.8, 4) is 0 Å². The number of rotatable bonds is 3. The second-order valence-electron chi connectivity index (χ2n) is 6.43. The summed E-state index contributed by atoms with van der Waals surface area (Å²) in [5, 5.41) is 12.0. The Morgan fingerprint density at radius 1 is 1.30 bits per heavy atom. The molecular weight excluding hydrogens is 268 g/mol. The molecule has 0 radical (unpaired) electrons. The van der Waals surface area contributed by atoms with Gasteiger partial charge in [0.1, 0.15) is 4.99 Å². The molecule has 1 heterocycles. The summed E-state index contributed by atoms with van der Waals surface area (Å²) < 4.78 is 0. The van der Waals surface area contributed by atoms with E-state index >= 15 is 0 Å². The normalized spacial score (nSPS) is 21.5. The lowest BCUT2D eigenvalue weighted by Gasteiger charge is -2.39. The standard InChI is InChI=1S/C15H24N4S/c1-9-10(2)18-19-14(12(9)13(16)20)17-11-7-5-6-8-15(11,3)4/h11H,5-8H2,1-4H3,(H2,16,20)(H,17,19). The summed E-state index contributed by atoms with van der Waals surface area (Å²) in [5.74, 6) is 0.737. The summed E-state index contributed by atoms with van der Waals surface area (Å²) >= 11 is 5.19. The Labute approximate surface area is 126 Å². The Kier molecular flexibility index (Phi) is 4.28. The van der Waals surface area contributed by atoms with Crippen LogP contribution in [0.4, 0.5) is 5.82 Å². The van der Waals surface area contributed by atoms with E-state index in [4.69, 9.17) is 18.0 Å². The van der Waals surface area contributed by atoms with Crippen molar-refractivity contribution in [1.82, 2.24) is 10.2 Å². The number of nitrogens with zero attached hydrogens (tertiary/aromatic N) is 2. The number of aromatic nitrogens is 2. The number of hydrogen-bond donors (Lipinski definition) is 2. The zero-order valence-electron chi connectivity index (χ0n) is 12.8. The first kappa shape index (κ1) is 15.2. The van der Waals surface area contributed by atoms with Crippen molar-refractivity contribution in [3.05, 3.63) is 16.8 Å². The number of thiocarbonyl (C=S) groups is 1. The first-order valence-corrected chi connectivity index (χ1v) is 7.64. The highest BCUT2D eigenvalue weighted by Crippen LogP contribution is 2.37. The molecule has 0 saturated heterocycles. The fourth-order valence-corrected chi connectivity index (χ4v) is 3.19. The summed E-state index contributed by atoms with van der Waals surface area (Å²) in [6, 6.07) is 0.390. The van der Waals surface area contributed by atoms with Crippen LogP contribution in [0, 0.1) is 19.3 Å². The highest BCUT2D eigenvalue weighted by molar-refractivity contribution is 7.80. The average Bonchev–Trinajstić information content (AvgIpc) is 2.36. The molecule has 0 spiro atoms. The van der Waals surface area contributed by atoms with Crippen LogP contribution < -0.4 is 11.1 Å². The molecule has 110 valence electrons. The molecule has 1 unspecified atom stereocenters. The molecule has 0 aliphatic heterocycles. The van der Waals surface area contributed by atoms with Gasteiger partial charge >= 0.3 is 0 Å². The smallest absolute Gasteiger partial charge is 0.159 e. The van der Waals surface area contributed by atoms with E-state index in [1.165, 1.54) is 19.3 Å². The lowest BCUT2D eigenvalue weighted by molar-refractivity contribution is 0.216. The van der Waals surface area contributed by atoms with E-state index in [0.717, 1.165) is 29.1 Å². The third-order valence-electron chi connectivity index (χ3n) is 4.52. The van der Waals surface area contributed by atoms with Crippen molar-refractivity contribution in [1.29, 1.82) is 0 Å². The molecule has 1 saturated carbocycles. The number of anilines is 1. The third kappa shape index (κ3) is 2.92. The molecule has 1 aromatic heterocycles. The van der Waals surface area contributed by atoms with Gasteiger partial charge in [0.25, 0.3) is 0 Å². The van der Waals surface area contributed by atoms with E-state index in [0.29, 0.717) is 11.0 Å². The van der Waals surface area contributed by atoms with Crippen LogP contribution in [0.3, 0.4) is 0 Å². The Hall–Kier alpha value is -1.23. The fourth-order valence-electron chi connectivity index (χ4n) is 2.94. The van der Waals surface area contributed by atoms with Crippen molar-refractivity contribution in [3.63, 3.8) is 0 Å². The molecule has 3 N–H and O–H groups in total. The van der Waals surface area contributed by atoms with Crippen LogP contribution >= 0.6 is 12.2 Å². The van der Waals surface area contributed by atoms with Gasteiger partial charge in [0.15, 0.2) is 5.82 Å². The Bertz CT molecular complexity index is 525. The van der Waals surface area contributed by atoms with Gasteiger partial charge in [0, 0.05) is 6.04 Å². The molecule has 0 bridgehead atoms. The molecule has 0 amide bonds. The first-order valence-electron chi connectivity index (χ1n) is 7.23. The second-order valence-corrected chi connectivity index (χ2v) is 6.87.